The summed E-state index contributed by atoms with van der Waals surface area (Å²) in [4.78, 5) is 24.0. The minimum Gasteiger partial charge on any atom is -0.396 e. The first-order valence-corrected chi connectivity index (χ1v) is 10.4. The van der Waals surface area contributed by atoms with E-state index in [1.54, 1.807) is 41.4 Å². The molecule has 0 radical (unpaired) electrons. The molecule has 0 spiro atoms. The fourth-order valence-corrected chi connectivity index (χ4v) is 3.94. The topological polar surface area (TPSA) is 108 Å². The average Bonchev–Trinajstić information content (AvgIpc) is 2.82. The van der Waals surface area contributed by atoms with Crippen LogP contribution in [0.5, 0.6) is 0 Å². The number of nitrogen functional groups attached to an aromatic ring is 1. The molecule has 0 aliphatic heterocycles. The molecule has 3 N–H and O–H groups in total. The highest BCUT2D eigenvalue weighted by atomic mass is 16.2. The van der Waals surface area contributed by atoms with Crippen molar-refractivity contribution in [2.45, 2.75) is 38.1 Å². The smallest absolute Gasteiger partial charge is 0.328 e. The van der Waals surface area contributed by atoms with Gasteiger partial charge in [-0.15, -0.1) is 0 Å². The fourth-order valence-electron chi connectivity index (χ4n) is 3.94. The third kappa shape index (κ3) is 4.64. The zero-order valence-electron chi connectivity index (χ0n) is 17.2. The number of pyridine rings is 2. The highest BCUT2D eigenvalue weighted by Gasteiger charge is 2.30. The summed E-state index contributed by atoms with van der Waals surface area (Å²) >= 11 is 0. The van der Waals surface area contributed by atoms with Crippen molar-refractivity contribution in [2.24, 2.45) is 0 Å². The maximum atomic E-state index is 13.3. The molecule has 1 aliphatic carbocycles. The predicted molar refractivity (Wildman–Crippen MR) is 121 cm³/mol. The Balaban J connectivity index is 1.73. The van der Waals surface area contributed by atoms with Gasteiger partial charge in [0.05, 0.1) is 23.0 Å². The zero-order valence-corrected chi connectivity index (χ0v) is 17.2. The molecule has 4 rings (SSSR count). The van der Waals surface area contributed by atoms with Crippen LogP contribution in [-0.2, 0) is 0 Å². The first-order chi connectivity index (χ1) is 15.2. The molecule has 0 atom stereocenters. The lowest BCUT2D eigenvalue weighted by Crippen LogP contribution is -2.45. The molecule has 7 nitrogen and oxygen atoms in total. The Hall–Kier alpha value is -3.92. The summed E-state index contributed by atoms with van der Waals surface area (Å²) in [5.41, 5.74) is 8.75. The number of nitriles is 1. The van der Waals surface area contributed by atoms with Gasteiger partial charge in [0.2, 0.25) is 0 Å². The molecular formula is C24H24N6O. The Morgan fingerprint density at radius 2 is 1.94 bits per heavy atom. The van der Waals surface area contributed by atoms with E-state index in [0.717, 1.165) is 37.7 Å². The van der Waals surface area contributed by atoms with Crippen molar-refractivity contribution in [3.8, 4) is 17.3 Å². The van der Waals surface area contributed by atoms with Crippen molar-refractivity contribution < 1.29 is 4.79 Å². The van der Waals surface area contributed by atoms with Crippen LogP contribution in [0.3, 0.4) is 0 Å². The molecule has 3 aromatic rings. The largest absolute Gasteiger partial charge is 0.396 e. The van der Waals surface area contributed by atoms with Crippen molar-refractivity contribution >= 4 is 23.4 Å². The van der Waals surface area contributed by atoms with Crippen LogP contribution in [0.1, 0.15) is 37.7 Å². The minimum atomic E-state index is -0.298. The number of nitrogens with one attached hydrogen (secondary N) is 1. The molecule has 1 saturated carbocycles. The highest BCUT2D eigenvalue weighted by Crippen LogP contribution is 2.32. The van der Waals surface area contributed by atoms with Crippen LogP contribution in [-0.4, -0.2) is 22.0 Å². The van der Waals surface area contributed by atoms with E-state index in [-0.39, 0.29) is 12.1 Å². The summed E-state index contributed by atoms with van der Waals surface area (Å²) in [5, 5.41) is 12.1. The van der Waals surface area contributed by atoms with Crippen LogP contribution >= 0.6 is 0 Å². The average molecular weight is 412 g/mol. The second-order valence-corrected chi connectivity index (χ2v) is 7.61. The molecule has 31 heavy (non-hydrogen) atoms. The van der Waals surface area contributed by atoms with Gasteiger partial charge in [0.15, 0.2) is 5.82 Å². The van der Waals surface area contributed by atoms with Crippen molar-refractivity contribution in [1.82, 2.24) is 9.97 Å². The molecule has 1 aliphatic rings. The fraction of sp³-hybridized carbons (Fsp3) is 0.250. The number of nitrogens with two attached hydrogens (primary N) is 1. The normalized spacial score (nSPS) is 13.9. The molecule has 2 aromatic heterocycles. The van der Waals surface area contributed by atoms with Gasteiger partial charge in [-0.2, -0.15) is 5.26 Å². The van der Waals surface area contributed by atoms with Crippen molar-refractivity contribution in [2.75, 3.05) is 16.0 Å². The van der Waals surface area contributed by atoms with Gasteiger partial charge in [-0.3, -0.25) is 10.2 Å². The Morgan fingerprint density at radius 1 is 1.10 bits per heavy atom. The highest BCUT2D eigenvalue weighted by molar-refractivity contribution is 6.03. The third-order valence-electron chi connectivity index (χ3n) is 5.48. The van der Waals surface area contributed by atoms with Crippen LogP contribution in [0.15, 0.2) is 60.8 Å². The SMILES string of the molecule is N#Cc1cccc(-c2ccc(N)c(N(C(=O)Nc3ccccn3)C3CCCCC3)n2)c1. The third-order valence-corrected chi connectivity index (χ3v) is 5.48. The second-order valence-electron chi connectivity index (χ2n) is 7.61. The molecule has 0 bridgehead atoms. The lowest BCUT2D eigenvalue weighted by Gasteiger charge is -2.34. The molecule has 1 fully saturated rings. The second kappa shape index (κ2) is 9.26. The van der Waals surface area contributed by atoms with Crippen LogP contribution < -0.4 is 16.0 Å². The van der Waals surface area contributed by atoms with Gasteiger partial charge in [-0.25, -0.2) is 14.8 Å². The van der Waals surface area contributed by atoms with Gasteiger partial charge in [0.1, 0.15) is 5.82 Å². The number of aromatic nitrogens is 2. The molecular weight excluding hydrogens is 388 g/mol. The van der Waals surface area contributed by atoms with E-state index in [1.807, 2.05) is 24.3 Å². The van der Waals surface area contributed by atoms with E-state index in [0.29, 0.717) is 28.6 Å². The van der Waals surface area contributed by atoms with E-state index in [2.05, 4.69) is 16.4 Å². The molecule has 2 heterocycles. The lowest BCUT2D eigenvalue weighted by molar-refractivity contribution is 0.252. The number of benzene rings is 1. The van der Waals surface area contributed by atoms with Gasteiger partial charge < -0.3 is 5.73 Å². The van der Waals surface area contributed by atoms with E-state index >= 15 is 0 Å². The quantitative estimate of drug-likeness (QED) is 0.629. The van der Waals surface area contributed by atoms with E-state index in [9.17, 15) is 10.1 Å². The summed E-state index contributed by atoms with van der Waals surface area (Å²) in [7, 11) is 0. The molecule has 0 unspecified atom stereocenters. The summed E-state index contributed by atoms with van der Waals surface area (Å²) in [6.45, 7) is 0. The van der Waals surface area contributed by atoms with Crippen LogP contribution in [0.25, 0.3) is 11.3 Å². The van der Waals surface area contributed by atoms with E-state index in [1.165, 1.54) is 0 Å². The van der Waals surface area contributed by atoms with Crippen molar-refractivity contribution in [1.29, 1.82) is 5.26 Å². The molecule has 2 amide bonds. The van der Waals surface area contributed by atoms with Crippen LogP contribution in [0, 0.1) is 11.3 Å². The van der Waals surface area contributed by atoms with Gasteiger partial charge >= 0.3 is 6.03 Å². The zero-order chi connectivity index (χ0) is 21.6. The summed E-state index contributed by atoms with van der Waals surface area (Å²) in [6, 6.07) is 18.0. The number of carbonyl (C=O) groups excluding carboxylic acids is 1. The Labute approximate surface area is 181 Å². The summed E-state index contributed by atoms with van der Waals surface area (Å²) in [6.07, 6.45) is 6.70. The van der Waals surface area contributed by atoms with Crippen molar-refractivity contribution in [3.63, 3.8) is 0 Å². The van der Waals surface area contributed by atoms with Crippen LogP contribution in [0.4, 0.5) is 22.1 Å². The molecule has 1 aromatic carbocycles. The number of carbonyl (C=O) groups is 1. The van der Waals surface area contributed by atoms with E-state index in [4.69, 9.17) is 10.7 Å². The predicted octanol–water partition coefficient (Wildman–Crippen LogP) is 4.97. The van der Waals surface area contributed by atoms with Gasteiger partial charge in [0, 0.05) is 17.8 Å². The number of hydrogen-bond donors (Lipinski definition) is 2. The Morgan fingerprint density at radius 3 is 2.68 bits per heavy atom. The number of hydrogen-bond acceptors (Lipinski definition) is 5. The Kier molecular flexibility index (Phi) is 6.08. The maximum Gasteiger partial charge on any atom is 0.328 e. The summed E-state index contributed by atoms with van der Waals surface area (Å²) < 4.78 is 0. The first kappa shape index (κ1) is 20.4. The number of rotatable bonds is 4. The number of nitrogens with zero attached hydrogens (tertiary/aromatic N) is 4. The van der Waals surface area contributed by atoms with Crippen LogP contribution in [0.2, 0.25) is 0 Å². The minimum absolute atomic E-state index is 0.00737. The lowest BCUT2D eigenvalue weighted by atomic mass is 9.94. The van der Waals surface area contributed by atoms with E-state index < -0.39 is 0 Å². The first-order valence-electron chi connectivity index (χ1n) is 10.4. The van der Waals surface area contributed by atoms with Gasteiger partial charge in [0.25, 0.3) is 0 Å². The van der Waals surface area contributed by atoms with Gasteiger partial charge in [-0.05, 0) is 49.2 Å². The number of urea groups is 1. The molecule has 0 saturated heterocycles. The monoisotopic (exact) mass is 412 g/mol. The van der Waals surface area contributed by atoms with Gasteiger partial charge in [-0.1, -0.05) is 37.5 Å². The Bertz CT molecular complexity index is 1100. The molecule has 156 valence electrons. The van der Waals surface area contributed by atoms with Crippen molar-refractivity contribution in [3.05, 3.63) is 66.4 Å². The standard InChI is InChI=1S/C24H24N6O/c25-16-17-7-6-8-18(15-17)21-13-12-20(26)23(28-21)30(19-9-2-1-3-10-19)24(31)29-22-11-4-5-14-27-22/h4-8,11-15,19H,1-3,9-10,26H2,(H,27,29,31). The number of amides is 2. The summed E-state index contributed by atoms with van der Waals surface area (Å²) in [5.74, 6) is 0.907. The maximum absolute atomic E-state index is 13.3. The molecule has 7 heteroatoms. The number of anilines is 3.